The van der Waals surface area contributed by atoms with Crippen LogP contribution in [0.3, 0.4) is 0 Å². The van der Waals surface area contributed by atoms with Crippen molar-refractivity contribution >= 4 is 15.7 Å². The molecule has 0 bridgehead atoms. The van der Waals surface area contributed by atoms with Gasteiger partial charge in [-0.25, -0.2) is 4.98 Å². The molecule has 1 aromatic heterocycles. The van der Waals surface area contributed by atoms with E-state index in [0.29, 0.717) is 11.5 Å². The van der Waals surface area contributed by atoms with E-state index in [1.807, 2.05) is 13.0 Å². The fraction of sp³-hybridized carbons (Fsp3) is 0.308. The maximum atomic E-state index is 12.3. The smallest absolute Gasteiger partial charge is 0.280 e. The Labute approximate surface area is 118 Å². The van der Waals surface area contributed by atoms with Crippen LogP contribution in [-0.2, 0) is 23.6 Å². The molecule has 0 aliphatic carbocycles. The van der Waals surface area contributed by atoms with E-state index >= 15 is 0 Å². The number of aryl methyl sites for hydroxylation is 3. The van der Waals surface area contributed by atoms with Crippen LogP contribution in [0.1, 0.15) is 17.0 Å². The lowest BCUT2D eigenvalue weighted by Crippen LogP contribution is -2.16. The molecule has 0 aliphatic rings. The van der Waals surface area contributed by atoms with E-state index < -0.39 is 10.0 Å². The lowest BCUT2D eigenvalue weighted by atomic mass is 10.1. The lowest BCUT2D eigenvalue weighted by molar-refractivity contribution is 0.598. The SMILES string of the molecule is Cc1cccc(NS(=O)(=O)c2cn(C)c(C)n2)c1CN. The molecule has 0 atom stereocenters. The average molecular weight is 294 g/mol. The van der Waals surface area contributed by atoms with Crippen molar-refractivity contribution in [1.29, 1.82) is 0 Å². The first-order chi connectivity index (χ1) is 9.35. The summed E-state index contributed by atoms with van der Waals surface area (Å²) in [6, 6.07) is 5.38. The van der Waals surface area contributed by atoms with Crippen molar-refractivity contribution in [3.63, 3.8) is 0 Å². The third kappa shape index (κ3) is 2.68. The van der Waals surface area contributed by atoms with E-state index in [4.69, 9.17) is 5.73 Å². The van der Waals surface area contributed by atoms with Gasteiger partial charge in [-0.2, -0.15) is 8.42 Å². The van der Waals surface area contributed by atoms with Crippen molar-refractivity contribution in [1.82, 2.24) is 9.55 Å². The highest BCUT2D eigenvalue weighted by molar-refractivity contribution is 7.92. The molecule has 2 aromatic rings. The maximum absolute atomic E-state index is 12.3. The zero-order chi connectivity index (χ0) is 14.9. The molecule has 0 saturated heterocycles. The summed E-state index contributed by atoms with van der Waals surface area (Å²) in [5, 5.41) is 0.00183. The highest BCUT2D eigenvalue weighted by Crippen LogP contribution is 2.22. The second kappa shape index (κ2) is 5.26. The number of anilines is 1. The van der Waals surface area contributed by atoms with Crippen LogP contribution in [0.15, 0.2) is 29.4 Å². The van der Waals surface area contributed by atoms with Gasteiger partial charge in [-0.1, -0.05) is 12.1 Å². The number of nitrogens with one attached hydrogen (secondary N) is 1. The van der Waals surface area contributed by atoms with Gasteiger partial charge in [0.1, 0.15) is 5.82 Å². The number of hydrogen-bond acceptors (Lipinski definition) is 4. The van der Waals surface area contributed by atoms with E-state index in [0.717, 1.165) is 11.1 Å². The van der Waals surface area contributed by atoms with Gasteiger partial charge in [0, 0.05) is 19.8 Å². The van der Waals surface area contributed by atoms with Crippen molar-refractivity contribution in [2.75, 3.05) is 4.72 Å². The van der Waals surface area contributed by atoms with Crippen molar-refractivity contribution in [2.45, 2.75) is 25.4 Å². The van der Waals surface area contributed by atoms with Crippen molar-refractivity contribution in [3.05, 3.63) is 41.3 Å². The Hall–Kier alpha value is -1.86. The van der Waals surface area contributed by atoms with Crippen LogP contribution in [0.5, 0.6) is 0 Å². The highest BCUT2D eigenvalue weighted by atomic mass is 32.2. The molecule has 2 rings (SSSR count). The van der Waals surface area contributed by atoms with Crippen LogP contribution < -0.4 is 10.5 Å². The Morgan fingerprint density at radius 1 is 1.35 bits per heavy atom. The predicted molar refractivity (Wildman–Crippen MR) is 77.8 cm³/mol. The summed E-state index contributed by atoms with van der Waals surface area (Å²) in [6.07, 6.45) is 1.48. The molecule has 108 valence electrons. The van der Waals surface area contributed by atoms with E-state index in [1.165, 1.54) is 6.20 Å². The average Bonchev–Trinajstić information content (AvgIpc) is 2.70. The van der Waals surface area contributed by atoms with Crippen LogP contribution in [-0.4, -0.2) is 18.0 Å². The number of sulfonamides is 1. The fourth-order valence-corrected chi connectivity index (χ4v) is 3.06. The van der Waals surface area contributed by atoms with E-state index in [9.17, 15) is 8.42 Å². The summed E-state index contributed by atoms with van der Waals surface area (Å²) >= 11 is 0. The second-order valence-corrected chi connectivity index (χ2v) is 6.28. The van der Waals surface area contributed by atoms with E-state index in [2.05, 4.69) is 9.71 Å². The molecule has 1 aromatic carbocycles. The summed E-state index contributed by atoms with van der Waals surface area (Å²) in [4.78, 5) is 4.04. The van der Waals surface area contributed by atoms with E-state index in [1.54, 1.807) is 30.7 Å². The van der Waals surface area contributed by atoms with Gasteiger partial charge in [0.2, 0.25) is 0 Å². The second-order valence-electron chi connectivity index (χ2n) is 4.65. The molecular formula is C13H18N4O2S. The molecule has 0 aliphatic heterocycles. The number of nitrogens with zero attached hydrogens (tertiary/aromatic N) is 2. The van der Waals surface area contributed by atoms with Gasteiger partial charge in [-0.05, 0) is 31.0 Å². The normalized spacial score (nSPS) is 11.6. The molecule has 0 spiro atoms. The monoisotopic (exact) mass is 294 g/mol. The number of nitrogens with two attached hydrogens (primary N) is 1. The fourth-order valence-electron chi connectivity index (χ4n) is 1.92. The first-order valence-electron chi connectivity index (χ1n) is 6.16. The minimum Gasteiger partial charge on any atom is -0.337 e. The molecule has 3 N–H and O–H groups in total. The lowest BCUT2D eigenvalue weighted by Gasteiger charge is -2.12. The van der Waals surface area contributed by atoms with E-state index in [-0.39, 0.29) is 11.6 Å². The third-order valence-electron chi connectivity index (χ3n) is 3.22. The largest absolute Gasteiger partial charge is 0.337 e. The summed E-state index contributed by atoms with van der Waals surface area (Å²) in [6.45, 7) is 3.91. The number of aromatic nitrogens is 2. The number of hydrogen-bond donors (Lipinski definition) is 2. The molecule has 1 heterocycles. The highest BCUT2D eigenvalue weighted by Gasteiger charge is 2.20. The zero-order valence-electron chi connectivity index (χ0n) is 11.7. The first-order valence-corrected chi connectivity index (χ1v) is 7.65. The van der Waals surface area contributed by atoms with Crippen LogP contribution in [0, 0.1) is 13.8 Å². The summed E-state index contributed by atoms with van der Waals surface area (Å²) < 4.78 is 28.9. The van der Waals surface area contributed by atoms with Gasteiger partial charge in [0.25, 0.3) is 10.0 Å². The summed E-state index contributed by atoms with van der Waals surface area (Å²) in [5.41, 5.74) is 7.91. The van der Waals surface area contributed by atoms with Crippen molar-refractivity contribution in [2.24, 2.45) is 12.8 Å². The first kappa shape index (κ1) is 14.5. The molecule has 0 unspecified atom stereocenters. The van der Waals surface area contributed by atoms with Gasteiger partial charge in [-0.3, -0.25) is 4.72 Å². The molecule has 0 radical (unpaired) electrons. The number of rotatable bonds is 4. The topological polar surface area (TPSA) is 90.0 Å². The molecule has 7 heteroatoms. The third-order valence-corrected chi connectivity index (χ3v) is 4.46. The molecule has 0 saturated carbocycles. The Balaban J connectivity index is 2.41. The maximum Gasteiger partial charge on any atom is 0.280 e. The van der Waals surface area contributed by atoms with Gasteiger partial charge in [0.05, 0.1) is 5.69 Å². The number of benzene rings is 1. The van der Waals surface area contributed by atoms with Crippen molar-refractivity contribution in [3.8, 4) is 0 Å². The zero-order valence-corrected chi connectivity index (χ0v) is 12.5. The molecule has 6 nitrogen and oxygen atoms in total. The standard InChI is InChI=1S/C13H18N4O2S/c1-9-5-4-6-12(11(9)7-14)16-20(18,19)13-8-17(3)10(2)15-13/h4-6,8,16H,7,14H2,1-3H3. The Kier molecular flexibility index (Phi) is 3.82. The van der Waals surface area contributed by atoms with Gasteiger partial charge in [0.15, 0.2) is 5.03 Å². The Bertz CT molecular complexity index is 715. The Morgan fingerprint density at radius 2 is 2.05 bits per heavy atom. The van der Waals surface area contributed by atoms with Crippen molar-refractivity contribution < 1.29 is 8.42 Å². The Morgan fingerprint density at radius 3 is 2.60 bits per heavy atom. The molecule has 20 heavy (non-hydrogen) atoms. The molecule has 0 fully saturated rings. The number of imidazole rings is 1. The van der Waals surface area contributed by atoms with Gasteiger partial charge in [-0.15, -0.1) is 0 Å². The van der Waals surface area contributed by atoms with Gasteiger partial charge < -0.3 is 10.3 Å². The summed E-state index contributed by atoms with van der Waals surface area (Å²) in [5.74, 6) is 0.633. The predicted octanol–water partition coefficient (Wildman–Crippen LogP) is 1.30. The molecule has 0 amide bonds. The minimum absolute atomic E-state index is 0.00183. The van der Waals surface area contributed by atoms with Crippen LogP contribution in [0.2, 0.25) is 0 Å². The van der Waals surface area contributed by atoms with Crippen LogP contribution >= 0.6 is 0 Å². The van der Waals surface area contributed by atoms with Crippen LogP contribution in [0.4, 0.5) is 5.69 Å². The summed E-state index contributed by atoms with van der Waals surface area (Å²) in [7, 11) is -1.95. The quantitative estimate of drug-likeness (QED) is 0.889. The minimum atomic E-state index is -3.70. The van der Waals surface area contributed by atoms with Crippen LogP contribution in [0.25, 0.3) is 0 Å². The molecular weight excluding hydrogens is 276 g/mol. The van der Waals surface area contributed by atoms with Gasteiger partial charge >= 0.3 is 0 Å².